The number of amides is 2. The lowest BCUT2D eigenvalue weighted by Gasteiger charge is -2.17. The molecule has 9 heteroatoms. The molecule has 2 aromatic carbocycles. The molecule has 0 bridgehead atoms. The van der Waals surface area contributed by atoms with E-state index in [1.54, 1.807) is 54.6 Å². The van der Waals surface area contributed by atoms with Gasteiger partial charge in [-0.1, -0.05) is 17.7 Å². The van der Waals surface area contributed by atoms with Gasteiger partial charge in [0.05, 0.1) is 10.6 Å². The third-order valence-electron chi connectivity index (χ3n) is 5.39. The van der Waals surface area contributed by atoms with Crippen molar-refractivity contribution in [2.75, 3.05) is 18.1 Å². The largest absolute Gasteiger partial charge is 0.384 e. The molecule has 4 N–H and O–H groups in total. The van der Waals surface area contributed by atoms with Crippen LogP contribution in [-0.2, 0) is 14.6 Å². The molecule has 1 heterocycles. The number of anilines is 2. The number of nitrogens with zero attached hydrogens (tertiary/aromatic N) is 2. The fraction of sp³-hybridized carbons (Fsp3) is 0.227. The number of hydrogen-bond donors (Lipinski definition) is 3. The van der Waals surface area contributed by atoms with Gasteiger partial charge in [-0.05, 0) is 56.2 Å². The van der Waals surface area contributed by atoms with Gasteiger partial charge in [-0.2, -0.15) is 0 Å². The summed E-state index contributed by atoms with van der Waals surface area (Å²) < 4.78 is 25.7. The van der Waals surface area contributed by atoms with Crippen LogP contribution >= 0.6 is 0 Å². The lowest BCUT2D eigenvalue weighted by molar-refractivity contribution is 0.254. The summed E-state index contributed by atoms with van der Waals surface area (Å²) in [5.41, 5.74) is 8.69. The summed E-state index contributed by atoms with van der Waals surface area (Å²) in [4.78, 5) is 20.6. The van der Waals surface area contributed by atoms with Crippen LogP contribution in [0.2, 0.25) is 0 Å². The van der Waals surface area contributed by atoms with Crippen molar-refractivity contribution in [3.8, 4) is 11.4 Å². The van der Waals surface area contributed by atoms with Gasteiger partial charge >= 0.3 is 6.03 Å². The average Bonchev–Trinajstić information content (AvgIpc) is 3.57. The number of rotatable bonds is 5. The van der Waals surface area contributed by atoms with Crippen LogP contribution < -0.4 is 16.4 Å². The fourth-order valence-electron chi connectivity index (χ4n) is 3.44. The van der Waals surface area contributed by atoms with Crippen LogP contribution in [0.4, 0.5) is 16.3 Å². The standard InChI is InChI=1S/C22H23N5O3S/c1-14-3-9-17(10-4-14)31(29,30)22(11-12-22)18-13-19(23)27-20(26-18)15-5-7-16(8-6-15)25-21(28)24-2/h3-10,13H,11-12H2,1-2H3,(H2,23,26,27)(H2,24,25,28). The Morgan fingerprint density at radius 3 is 2.26 bits per heavy atom. The molecule has 1 aliphatic carbocycles. The van der Waals surface area contributed by atoms with E-state index in [0.29, 0.717) is 35.6 Å². The number of nitrogens with two attached hydrogens (primary N) is 1. The Bertz CT molecular complexity index is 1240. The second-order valence-electron chi connectivity index (χ2n) is 7.59. The van der Waals surface area contributed by atoms with Gasteiger partial charge < -0.3 is 16.4 Å². The zero-order valence-corrected chi connectivity index (χ0v) is 18.0. The average molecular weight is 438 g/mol. The second-order valence-corrected chi connectivity index (χ2v) is 9.85. The van der Waals surface area contributed by atoms with Crippen LogP contribution in [-0.4, -0.2) is 31.5 Å². The van der Waals surface area contributed by atoms with Gasteiger partial charge in [0.15, 0.2) is 15.7 Å². The van der Waals surface area contributed by atoms with Crippen molar-refractivity contribution in [2.45, 2.75) is 29.4 Å². The van der Waals surface area contributed by atoms with Gasteiger partial charge in [0, 0.05) is 24.4 Å². The summed E-state index contributed by atoms with van der Waals surface area (Å²) in [5, 5.41) is 5.16. The topological polar surface area (TPSA) is 127 Å². The maximum absolute atomic E-state index is 13.4. The minimum Gasteiger partial charge on any atom is -0.384 e. The molecule has 1 fully saturated rings. The SMILES string of the molecule is CNC(=O)Nc1ccc(-c2nc(N)cc(C3(S(=O)(=O)c4ccc(C)cc4)CC3)n2)cc1. The normalized spacial score (nSPS) is 14.6. The fourth-order valence-corrected chi connectivity index (χ4v) is 5.41. The number of benzene rings is 2. The van der Waals surface area contributed by atoms with Gasteiger partial charge in [0.1, 0.15) is 10.6 Å². The molecule has 8 nitrogen and oxygen atoms in total. The monoisotopic (exact) mass is 437 g/mol. The quantitative estimate of drug-likeness (QED) is 0.562. The third-order valence-corrected chi connectivity index (χ3v) is 7.93. The molecule has 1 aromatic heterocycles. The first-order valence-electron chi connectivity index (χ1n) is 9.81. The van der Waals surface area contributed by atoms with E-state index in [2.05, 4.69) is 20.6 Å². The highest BCUT2D eigenvalue weighted by Gasteiger charge is 2.57. The van der Waals surface area contributed by atoms with Crippen molar-refractivity contribution in [1.82, 2.24) is 15.3 Å². The molecule has 0 spiro atoms. The van der Waals surface area contributed by atoms with Crippen LogP contribution in [0.25, 0.3) is 11.4 Å². The first kappa shape index (κ1) is 20.8. The van der Waals surface area contributed by atoms with E-state index in [9.17, 15) is 13.2 Å². The Kier molecular flexibility index (Phi) is 5.14. The first-order chi connectivity index (χ1) is 14.7. The van der Waals surface area contributed by atoms with Crippen molar-refractivity contribution < 1.29 is 13.2 Å². The highest BCUT2D eigenvalue weighted by Crippen LogP contribution is 2.54. The zero-order valence-electron chi connectivity index (χ0n) is 17.2. The van der Waals surface area contributed by atoms with E-state index in [1.165, 1.54) is 7.05 Å². The minimum absolute atomic E-state index is 0.206. The van der Waals surface area contributed by atoms with Crippen LogP contribution in [0, 0.1) is 6.92 Å². The number of nitrogen functional groups attached to an aromatic ring is 1. The minimum atomic E-state index is -3.64. The van der Waals surface area contributed by atoms with Gasteiger partial charge in [-0.25, -0.2) is 23.2 Å². The number of carbonyl (C=O) groups excluding carboxylic acids is 1. The molecule has 0 saturated heterocycles. The van der Waals surface area contributed by atoms with Crippen molar-refractivity contribution in [2.24, 2.45) is 0 Å². The van der Waals surface area contributed by atoms with Crippen LogP contribution in [0.5, 0.6) is 0 Å². The third kappa shape index (κ3) is 3.84. The molecule has 1 aliphatic rings. The predicted molar refractivity (Wildman–Crippen MR) is 119 cm³/mol. The Labute approximate surface area is 180 Å². The molecule has 160 valence electrons. The molecule has 31 heavy (non-hydrogen) atoms. The van der Waals surface area contributed by atoms with Crippen molar-refractivity contribution in [3.05, 3.63) is 65.9 Å². The molecule has 3 aromatic rings. The molecule has 0 atom stereocenters. The molecule has 0 aliphatic heterocycles. The molecule has 0 unspecified atom stereocenters. The number of urea groups is 1. The van der Waals surface area contributed by atoms with Crippen molar-refractivity contribution in [1.29, 1.82) is 0 Å². The molecule has 0 radical (unpaired) electrons. The summed E-state index contributed by atoms with van der Waals surface area (Å²) in [5.74, 6) is 0.546. The van der Waals surface area contributed by atoms with Crippen molar-refractivity contribution >= 4 is 27.4 Å². The Morgan fingerprint density at radius 2 is 1.68 bits per heavy atom. The maximum atomic E-state index is 13.4. The maximum Gasteiger partial charge on any atom is 0.318 e. The number of hydrogen-bond acceptors (Lipinski definition) is 6. The Balaban J connectivity index is 1.70. The van der Waals surface area contributed by atoms with E-state index in [4.69, 9.17) is 5.73 Å². The summed E-state index contributed by atoms with van der Waals surface area (Å²) in [6, 6.07) is 15.0. The number of aryl methyl sites for hydroxylation is 1. The van der Waals surface area contributed by atoms with E-state index in [-0.39, 0.29) is 16.7 Å². The summed E-state index contributed by atoms with van der Waals surface area (Å²) in [6.07, 6.45) is 0.960. The van der Waals surface area contributed by atoms with E-state index >= 15 is 0 Å². The van der Waals surface area contributed by atoms with Gasteiger partial charge in [0.2, 0.25) is 0 Å². The number of carbonyl (C=O) groups is 1. The number of sulfone groups is 1. The smallest absolute Gasteiger partial charge is 0.318 e. The van der Waals surface area contributed by atoms with Gasteiger partial charge in [-0.3, -0.25) is 0 Å². The Hall–Kier alpha value is -3.46. The molecule has 1 saturated carbocycles. The summed E-state index contributed by atoms with van der Waals surface area (Å²) >= 11 is 0. The zero-order chi connectivity index (χ0) is 22.2. The van der Waals surface area contributed by atoms with Crippen LogP contribution in [0.3, 0.4) is 0 Å². The summed E-state index contributed by atoms with van der Waals surface area (Å²) in [7, 11) is -2.10. The van der Waals surface area contributed by atoms with E-state index in [0.717, 1.165) is 5.56 Å². The molecule has 2 amide bonds. The molecular weight excluding hydrogens is 414 g/mol. The van der Waals surface area contributed by atoms with E-state index < -0.39 is 14.6 Å². The highest BCUT2D eigenvalue weighted by atomic mass is 32.2. The van der Waals surface area contributed by atoms with Gasteiger partial charge in [0.25, 0.3) is 0 Å². The van der Waals surface area contributed by atoms with Gasteiger partial charge in [-0.15, -0.1) is 0 Å². The molecular formula is C22H23N5O3S. The Morgan fingerprint density at radius 1 is 1.03 bits per heavy atom. The van der Waals surface area contributed by atoms with Crippen LogP contribution in [0.15, 0.2) is 59.5 Å². The molecule has 4 rings (SSSR count). The predicted octanol–water partition coefficient (Wildman–Crippen LogP) is 3.25. The highest BCUT2D eigenvalue weighted by molar-refractivity contribution is 7.92. The van der Waals surface area contributed by atoms with Crippen molar-refractivity contribution in [3.63, 3.8) is 0 Å². The first-order valence-corrected chi connectivity index (χ1v) is 11.3. The second kappa shape index (κ2) is 7.66. The van der Waals surface area contributed by atoms with Crippen LogP contribution in [0.1, 0.15) is 24.1 Å². The number of nitrogens with one attached hydrogen (secondary N) is 2. The van der Waals surface area contributed by atoms with E-state index in [1.807, 2.05) is 6.92 Å². The lowest BCUT2D eigenvalue weighted by atomic mass is 10.1. The lowest BCUT2D eigenvalue weighted by Crippen LogP contribution is -2.24. The number of aromatic nitrogens is 2. The summed E-state index contributed by atoms with van der Waals surface area (Å²) in [6.45, 7) is 1.91.